The van der Waals surface area contributed by atoms with Crippen LogP contribution in [0.25, 0.3) is 0 Å². The van der Waals surface area contributed by atoms with Gasteiger partial charge in [-0.05, 0) is 38.3 Å². The molecule has 2 atom stereocenters. The first-order valence-electron chi connectivity index (χ1n) is 6.54. The minimum absolute atomic E-state index is 0.142. The van der Waals surface area contributed by atoms with E-state index in [4.69, 9.17) is 15.2 Å². The predicted octanol–water partition coefficient (Wildman–Crippen LogP) is 2.69. The Morgan fingerprint density at radius 2 is 2.00 bits per heavy atom. The molecule has 1 aromatic carbocycles. The second-order valence-electron chi connectivity index (χ2n) is 4.95. The van der Waals surface area contributed by atoms with E-state index in [2.05, 4.69) is 32.0 Å². The average Bonchev–Trinajstić information content (AvgIpc) is 2.30. The van der Waals surface area contributed by atoms with Crippen LogP contribution in [0.5, 0.6) is 5.75 Å². The molecule has 0 aliphatic heterocycles. The zero-order valence-electron chi connectivity index (χ0n) is 11.9. The number of hydrogen-bond acceptors (Lipinski definition) is 3. The Bertz CT molecular complexity index is 364. The van der Waals surface area contributed by atoms with Gasteiger partial charge in [0.15, 0.2) is 0 Å². The van der Waals surface area contributed by atoms with Crippen molar-refractivity contribution in [1.82, 2.24) is 0 Å². The highest BCUT2D eigenvalue weighted by molar-refractivity contribution is 5.41. The first-order valence-corrected chi connectivity index (χ1v) is 6.54. The van der Waals surface area contributed by atoms with Crippen LogP contribution in [0, 0.1) is 6.92 Å². The molecule has 1 rings (SSSR count). The summed E-state index contributed by atoms with van der Waals surface area (Å²) in [6, 6.07) is 6.36. The maximum absolute atomic E-state index is 6.04. The van der Waals surface area contributed by atoms with Crippen LogP contribution in [0.15, 0.2) is 18.2 Å². The highest BCUT2D eigenvalue weighted by atomic mass is 16.5. The molecule has 3 nitrogen and oxygen atoms in total. The van der Waals surface area contributed by atoms with Crippen LogP contribution in [-0.4, -0.2) is 25.9 Å². The maximum atomic E-state index is 6.04. The Hall–Kier alpha value is -1.06. The molecular weight excluding hydrogens is 226 g/mol. The monoisotopic (exact) mass is 251 g/mol. The molecule has 0 bridgehead atoms. The molecule has 0 saturated carbocycles. The number of para-hydroxylation sites is 1. The van der Waals surface area contributed by atoms with E-state index in [1.165, 1.54) is 5.56 Å². The molecular formula is C15H25NO2. The lowest BCUT2D eigenvalue weighted by Crippen LogP contribution is -2.20. The number of methoxy groups -OCH3 is 1. The van der Waals surface area contributed by atoms with E-state index in [0.717, 1.165) is 30.8 Å². The van der Waals surface area contributed by atoms with Crippen molar-refractivity contribution in [3.63, 3.8) is 0 Å². The first kappa shape index (κ1) is 15.0. The van der Waals surface area contributed by atoms with Crippen molar-refractivity contribution in [1.29, 1.82) is 0 Å². The van der Waals surface area contributed by atoms with Gasteiger partial charge in [-0.25, -0.2) is 0 Å². The fraction of sp³-hybridized carbons (Fsp3) is 0.600. The van der Waals surface area contributed by atoms with Crippen LogP contribution in [0.3, 0.4) is 0 Å². The molecule has 0 aliphatic carbocycles. The number of hydrogen-bond donors (Lipinski definition) is 1. The van der Waals surface area contributed by atoms with Crippen molar-refractivity contribution in [2.75, 3.05) is 13.7 Å². The van der Waals surface area contributed by atoms with Crippen molar-refractivity contribution in [2.45, 2.75) is 45.8 Å². The summed E-state index contributed by atoms with van der Waals surface area (Å²) in [5.74, 6) is 0.985. The van der Waals surface area contributed by atoms with Crippen LogP contribution in [0.1, 0.15) is 31.4 Å². The van der Waals surface area contributed by atoms with E-state index in [0.29, 0.717) is 0 Å². The Balaban J connectivity index is 2.78. The van der Waals surface area contributed by atoms with Gasteiger partial charge in [0.2, 0.25) is 0 Å². The summed E-state index contributed by atoms with van der Waals surface area (Å²) in [5.41, 5.74) is 8.23. The van der Waals surface area contributed by atoms with Crippen LogP contribution >= 0.6 is 0 Å². The van der Waals surface area contributed by atoms with Gasteiger partial charge >= 0.3 is 0 Å². The highest BCUT2D eigenvalue weighted by Crippen LogP contribution is 2.26. The van der Waals surface area contributed by atoms with E-state index < -0.39 is 0 Å². The topological polar surface area (TPSA) is 44.5 Å². The van der Waals surface area contributed by atoms with Gasteiger partial charge in [0.25, 0.3) is 0 Å². The zero-order chi connectivity index (χ0) is 13.5. The lowest BCUT2D eigenvalue weighted by atomic mass is 10.0. The molecule has 1 aromatic rings. The predicted molar refractivity (Wildman–Crippen MR) is 75.1 cm³/mol. The van der Waals surface area contributed by atoms with Gasteiger partial charge in [-0.15, -0.1) is 0 Å². The summed E-state index contributed by atoms with van der Waals surface area (Å²) >= 11 is 0. The summed E-state index contributed by atoms with van der Waals surface area (Å²) < 4.78 is 11.1. The Morgan fingerprint density at radius 1 is 1.28 bits per heavy atom. The molecule has 0 aliphatic rings. The summed E-state index contributed by atoms with van der Waals surface area (Å²) in [7, 11) is 1.71. The summed E-state index contributed by atoms with van der Waals surface area (Å²) in [4.78, 5) is 0. The van der Waals surface area contributed by atoms with Gasteiger partial charge < -0.3 is 15.2 Å². The molecule has 2 N–H and O–H groups in total. The second-order valence-corrected chi connectivity index (χ2v) is 4.95. The van der Waals surface area contributed by atoms with Gasteiger partial charge in [0.05, 0.1) is 6.10 Å². The molecule has 3 heteroatoms. The van der Waals surface area contributed by atoms with E-state index in [1.807, 2.05) is 6.92 Å². The van der Waals surface area contributed by atoms with Gasteiger partial charge in [0, 0.05) is 26.2 Å². The molecule has 0 saturated heterocycles. The molecule has 0 aromatic heterocycles. The molecule has 18 heavy (non-hydrogen) atoms. The number of benzene rings is 1. The number of nitrogens with two attached hydrogens (primary N) is 1. The van der Waals surface area contributed by atoms with Crippen LogP contribution in [0.4, 0.5) is 0 Å². The molecule has 0 radical (unpaired) electrons. The number of rotatable bonds is 7. The zero-order valence-corrected chi connectivity index (χ0v) is 11.9. The molecule has 0 heterocycles. The fourth-order valence-electron chi connectivity index (χ4n) is 1.93. The molecule has 102 valence electrons. The van der Waals surface area contributed by atoms with Crippen LogP contribution in [-0.2, 0) is 11.2 Å². The van der Waals surface area contributed by atoms with Crippen molar-refractivity contribution >= 4 is 0 Å². The third-order valence-corrected chi connectivity index (χ3v) is 2.88. The Labute approximate surface area is 110 Å². The first-order chi connectivity index (χ1) is 8.54. The molecule has 2 unspecified atom stereocenters. The lowest BCUT2D eigenvalue weighted by Gasteiger charge is -2.20. The fourth-order valence-corrected chi connectivity index (χ4v) is 1.93. The van der Waals surface area contributed by atoms with E-state index >= 15 is 0 Å². The van der Waals surface area contributed by atoms with Gasteiger partial charge in [0.1, 0.15) is 5.75 Å². The Morgan fingerprint density at radius 3 is 2.61 bits per heavy atom. The van der Waals surface area contributed by atoms with Crippen LogP contribution in [0.2, 0.25) is 0 Å². The minimum Gasteiger partial charge on any atom is -0.490 e. The van der Waals surface area contributed by atoms with Crippen molar-refractivity contribution < 1.29 is 9.47 Å². The van der Waals surface area contributed by atoms with Crippen molar-refractivity contribution in [2.24, 2.45) is 5.73 Å². The summed E-state index contributed by atoms with van der Waals surface area (Å²) in [5, 5.41) is 0. The maximum Gasteiger partial charge on any atom is 0.125 e. The third-order valence-electron chi connectivity index (χ3n) is 2.88. The van der Waals surface area contributed by atoms with Crippen molar-refractivity contribution in [3.8, 4) is 5.75 Å². The summed E-state index contributed by atoms with van der Waals surface area (Å²) in [6.45, 7) is 6.88. The lowest BCUT2D eigenvalue weighted by molar-refractivity contribution is 0.134. The summed E-state index contributed by atoms with van der Waals surface area (Å²) in [6.07, 6.45) is 1.88. The SMILES string of the molecule is COCCC(C)Oc1c(C)cccc1CC(C)N. The van der Waals surface area contributed by atoms with E-state index in [1.54, 1.807) is 7.11 Å². The standard InChI is InChI=1S/C15H25NO2/c1-11-6-5-7-14(10-12(2)16)15(11)18-13(3)8-9-17-4/h5-7,12-13H,8-10,16H2,1-4H3. The van der Waals surface area contributed by atoms with Gasteiger partial charge in [-0.3, -0.25) is 0 Å². The second kappa shape index (κ2) is 7.39. The largest absolute Gasteiger partial charge is 0.490 e. The quantitative estimate of drug-likeness (QED) is 0.810. The van der Waals surface area contributed by atoms with Gasteiger partial charge in [-0.2, -0.15) is 0 Å². The molecule has 0 fully saturated rings. The molecule has 0 spiro atoms. The van der Waals surface area contributed by atoms with Crippen molar-refractivity contribution in [3.05, 3.63) is 29.3 Å². The Kier molecular flexibility index (Phi) is 6.16. The van der Waals surface area contributed by atoms with Crippen LogP contribution < -0.4 is 10.5 Å². The van der Waals surface area contributed by atoms with E-state index in [-0.39, 0.29) is 12.1 Å². The average molecular weight is 251 g/mol. The normalized spacial score (nSPS) is 14.3. The third kappa shape index (κ3) is 4.67. The van der Waals surface area contributed by atoms with Gasteiger partial charge in [-0.1, -0.05) is 18.2 Å². The smallest absolute Gasteiger partial charge is 0.125 e. The number of ether oxygens (including phenoxy) is 2. The minimum atomic E-state index is 0.142. The number of aryl methyl sites for hydroxylation is 1. The van der Waals surface area contributed by atoms with E-state index in [9.17, 15) is 0 Å². The molecule has 0 amide bonds. The highest BCUT2D eigenvalue weighted by Gasteiger charge is 2.12.